The average molecular weight is 316 g/mol. The summed E-state index contributed by atoms with van der Waals surface area (Å²) < 4.78 is 1.66. The number of piperazine rings is 1. The van der Waals surface area contributed by atoms with Gasteiger partial charge in [0.05, 0.1) is 6.20 Å². The summed E-state index contributed by atoms with van der Waals surface area (Å²) in [7, 11) is 1.82. The standard InChI is InChI=1S/C16H24N6O/c1-20-14-13(11-17-20)15(23)19-16(18-14)22-9-7-21(8-10-22)12-5-3-2-4-6-12/h11-12H,2-10H2,1H3,(H,18,19,23). The maximum atomic E-state index is 12.2. The predicted octanol–water partition coefficient (Wildman–Crippen LogP) is 1.11. The van der Waals surface area contributed by atoms with Gasteiger partial charge in [0.1, 0.15) is 5.39 Å². The number of aromatic amines is 1. The van der Waals surface area contributed by atoms with Crippen molar-refractivity contribution in [1.29, 1.82) is 0 Å². The van der Waals surface area contributed by atoms with Gasteiger partial charge in [-0.2, -0.15) is 10.1 Å². The van der Waals surface area contributed by atoms with E-state index < -0.39 is 0 Å². The Hall–Kier alpha value is -1.89. The lowest BCUT2D eigenvalue weighted by atomic mass is 9.94. The van der Waals surface area contributed by atoms with Gasteiger partial charge in [-0.25, -0.2) is 0 Å². The largest absolute Gasteiger partial charge is 0.340 e. The number of nitrogens with one attached hydrogen (secondary N) is 1. The van der Waals surface area contributed by atoms with E-state index in [0.717, 1.165) is 32.2 Å². The van der Waals surface area contributed by atoms with Crippen LogP contribution in [0.25, 0.3) is 11.0 Å². The molecule has 4 rings (SSSR count). The molecule has 2 fully saturated rings. The van der Waals surface area contributed by atoms with Crippen molar-refractivity contribution >= 4 is 17.0 Å². The van der Waals surface area contributed by atoms with Crippen LogP contribution in [0.2, 0.25) is 0 Å². The topological polar surface area (TPSA) is 70.1 Å². The number of aromatic nitrogens is 4. The first kappa shape index (κ1) is 14.7. The molecule has 0 bridgehead atoms. The van der Waals surface area contributed by atoms with E-state index in [-0.39, 0.29) is 5.56 Å². The Labute approximate surface area is 135 Å². The maximum Gasteiger partial charge on any atom is 0.263 e. The minimum absolute atomic E-state index is 0.104. The predicted molar refractivity (Wildman–Crippen MR) is 89.8 cm³/mol. The molecular weight excluding hydrogens is 292 g/mol. The molecule has 124 valence electrons. The number of rotatable bonds is 2. The summed E-state index contributed by atoms with van der Waals surface area (Å²) in [5.41, 5.74) is 0.547. The third-order valence-electron chi connectivity index (χ3n) is 5.29. The fourth-order valence-electron chi connectivity index (χ4n) is 3.92. The highest BCUT2D eigenvalue weighted by molar-refractivity contribution is 5.74. The van der Waals surface area contributed by atoms with Crippen LogP contribution < -0.4 is 10.5 Å². The number of hydrogen-bond donors (Lipinski definition) is 1. The van der Waals surface area contributed by atoms with E-state index in [1.54, 1.807) is 10.9 Å². The lowest BCUT2D eigenvalue weighted by molar-refractivity contribution is 0.147. The number of anilines is 1. The Morgan fingerprint density at radius 1 is 1.13 bits per heavy atom. The van der Waals surface area contributed by atoms with Crippen molar-refractivity contribution in [1.82, 2.24) is 24.6 Å². The molecule has 0 radical (unpaired) electrons. The van der Waals surface area contributed by atoms with Gasteiger partial charge in [-0.15, -0.1) is 0 Å². The molecule has 1 saturated carbocycles. The van der Waals surface area contributed by atoms with Gasteiger partial charge >= 0.3 is 0 Å². The third kappa shape index (κ3) is 2.73. The molecule has 7 heteroatoms. The number of fused-ring (bicyclic) bond motifs is 1. The van der Waals surface area contributed by atoms with E-state index >= 15 is 0 Å². The van der Waals surface area contributed by atoms with Crippen LogP contribution in [-0.4, -0.2) is 56.9 Å². The Balaban J connectivity index is 1.49. The Kier molecular flexibility index (Phi) is 3.80. The number of hydrogen-bond acceptors (Lipinski definition) is 5. The van der Waals surface area contributed by atoms with Crippen LogP contribution in [0.5, 0.6) is 0 Å². The fraction of sp³-hybridized carbons (Fsp3) is 0.688. The number of aryl methyl sites for hydroxylation is 1. The third-order valence-corrected chi connectivity index (χ3v) is 5.29. The molecular formula is C16H24N6O. The van der Waals surface area contributed by atoms with Crippen molar-refractivity contribution in [3.05, 3.63) is 16.6 Å². The maximum absolute atomic E-state index is 12.2. The molecule has 0 amide bonds. The van der Waals surface area contributed by atoms with Crippen molar-refractivity contribution in [2.24, 2.45) is 7.05 Å². The molecule has 0 spiro atoms. The van der Waals surface area contributed by atoms with E-state index in [4.69, 9.17) is 0 Å². The normalized spacial score (nSPS) is 21.2. The van der Waals surface area contributed by atoms with Crippen molar-refractivity contribution in [2.45, 2.75) is 38.1 Å². The molecule has 1 N–H and O–H groups in total. The fourth-order valence-corrected chi connectivity index (χ4v) is 3.92. The molecule has 7 nitrogen and oxygen atoms in total. The molecule has 1 aliphatic carbocycles. The van der Waals surface area contributed by atoms with E-state index in [0.29, 0.717) is 17.0 Å². The van der Waals surface area contributed by atoms with Crippen molar-refractivity contribution in [3.63, 3.8) is 0 Å². The monoisotopic (exact) mass is 316 g/mol. The SMILES string of the molecule is Cn1ncc2c(=O)[nH]c(N3CCN(C4CCCCC4)CC3)nc21. The first-order chi connectivity index (χ1) is 11.2. The number of H-pyrrole nitrogens is 1. The lowest BCUT2D eigenvalue weighted by Crippen LogP contribution is -2.51. The van der Waals surface area contributed by atoms with Gasteiger partial charge in [0.15, 0.2) is 5.65 Å². The molecule has 0 unspecified atom stereocenters. The van der Waals surface area contributed by atoms with Crippen molar-refractivity contribution < 1.29 is 0 Å². The zero-order valence-electron chi connectivity index (χ0n) is 13.7. The smallest absolute Gasteiger partial charge is 0.263 e. The Morgan fingerprint density at radius 2 is 1.87 bits per heavy atom. The minimum Gasteiger partial charge on any atom is -0.340 e. The molecule has 3 heterocycles. The van der Waals surface area contributed by atoms with Crippen molar-refractivity contribution in [3.8, 4) is 0 Å². The lowest BCUT2D eigenvalue weighted by Gasteiger charge is -2.40. The average Bonchev–Trinajstić information content (AvgIpc) is 2.98. The van der Waals surface area contributed by atoms with E-state index in [2.05, 4.69) is 24.9 Å². The number of nitrogens with zero attached hydrogens (tertiary/aromatic N) is 5. The van der Waals surface area contributed by atoms with Crippen molar-refractivity contribution in [2.75, 3.05) is 31.1 Å². The zero-order chi connectivity index (χ0) is 15.8. The molecule has 0 atom stereocenters. The summed E-state index contributed by atoms with van der Waals surface area (Å²) >= 11 is 0. The summed E-state index contributed by atoms with van der Waals surface area (Å²) in [6.07, 6.45) is 8.40. The second-order valence-corrected chi connectivity index (χ2v) is 6.71. The molecule has 23 heavy (non-hydrogen) atoms. The van der Waals surface area contributed by atoms with Crippen LogP contribution in [0.3, 0.4) is 0 Å². The molecule has 2 aliphatic rings. The van der Waals surface area contributed by atoms with Gasteiger partial charge < -0.3 is 4.90 Å². The first-order valence-electron chi connectivity index (χ1n) is 8.63. The molecule has 2 aromatic rings. The van der Waals surface area contributed by atoms with E-state index in [9.17, 15) is 4.79 Å². The summed E-state index contributed by atoms with van der Waals surface area (Å²) in [5, 5.41) is 4.68. The highest BCUT2D eigenvalue weighted by Gasteiger charge is 2.26. The van der Waals surface area contributed by atoms with Gasteiger partial charge in [0.2, 0.25) is 5.95 Å². The van der Waals surface area contributed by atoms with Gasteiger partial charge in [-0.3, -0.25) is 19.4 Å². The highest BCUT2D eigenvalue weighted by Crippen LogP contribution is 2.24. The second kappa shape index (κ2) is 5.96. The quantitative estimate of drug-likeness (QED) is 0.899. The van der Waals surface area contributed by atoms with Gasteiger partial charge in [0.25, 0.3) is 5.56 Å². The molecule has 1 aliphatic heterocycles. The summed E-state index contributed by atoms with van der Waals surface area (Å²) in [4.78, 5) is 24.5. The van der Waals surface area contributed by atoms with Gasteiger partial charge in [-0.05, 0) is 12.8 Å². The van der Waals surface area contributed by atoms with Gasteiger partial charge in [-0.1, -0.05) is 19.3 Å². The highest BCUT2D eigenvalue weighted by atomic mass is 16.1. The van der Waals surface area contributed by atoms with Crippen LogP contribution in [0.4, 0.5) is 5.95 Å². The zero-order valence-corrected chi connectivity index (χ0v) is 13.7. The first-order valence-corrected chi connectivity index (χ1v) is 8.63. The van der Waals surface area contributed by atoms with Crippen LogP contribution in [-0.2, 0) is 7.05 Å². The minimum atomic E-state index is -0.104. The van der Waals surface area contributed by atoms with Crippen LogP contribution in [0.15, 0.2) is 11.0 Å². The molecule has 1 saturated heterocycles. The van der Waals surface area contributed by atoms with Crippen LogP contribution >= 0.6 is 0 Å². The van der Waals surface area contributed by atoms with Gasteiger partial charge in [0, 0.05) is 39.3 Å². The van der Waals surface area contributed by atoms with E-state index in [1.165, 1.54) is 32.1 Å². The Bertz CT molecular complexity index is 737. The molecule has 0 aromatic carbocycles. The van der Waals surface area contributed by atoms with E-state index in [1.807, 2.05) is 7.05 Å². The Morgan fingerprint density at radius 3 is 2.61 bits per heavy atom. The summed E-state index contributed by atoms with van der Waals surface area (Å²) in [6, 6.07) is 0.762. The van der Waals surface area contributed by atoms with Crippen LogP contribution in [0, 0.1) is 0 Å². The summed E-state index contributed by atoms with van der Waals surface area (Å²) in [6.45, 7) is 3.95. The van der Waals surface area contributed by atoms with Crippen LogP contribution in [0.1, 0.15) is 32.1 Å². The molecule has 2 aromatic heterocycles. The summed E-state index contributed by atoms with van der Waals surface area (Å²) in [5.74, 6) is 0.675. The second-order valence-electron chi connectivity index (χ2n) is 6.71.